The Morgan fingerprint density at radius 2 is 2.22 bits per heavy atom. The number of hydrogen-bond acceptors (Lipinski definition) is 9. The number of nitrogens with zero attached hydrogens (tertiary/aromatic N) is 7. The number of aromatic nitrogens is 5. The zero-order chi connectivity index (χ0) is 22.7. The third kappa shape index (κ3) is 4.70. The van der Waals surface area contributed by atoms with Gasteiger partial charge < -0.3 is 5.73 Å². The topological polar surface area (TPSA) is 140 Å². The molecule has 0 aliphatic carbocycles. The summed E-state index contributed by atoms with van der Waals surface area (Å²) in [4.78, 5) is 15.3. The maximum atomic E-state index is 13.0. The Hall–Kier alpha value is -3.12. The van der Waals surface area contributed by atoms with E-state index in [1.165, 1.54) is 11.1 Å². The normalized spacial score (nSPS) is 17.5. The molecule has 0 spiro atoms. The van der Waals surface area contributed by atoms with Gasteiger partial charge in [0, 0.05) is 17.1 Å². The van der Waals surface area contributed by atoms with Crippen molar-refractivity contribution in [1.29, 1.82) is 0 Å². The van der Waals surface area contributed by atoms with Crippen LogP contribution in [0.3, 0.4) is 0 Å². The van der Waals surface area contributed by atoms with Crippen molar-refractivity contribution in [1.82, 2.24) is 35.6 Å². The van der Waals surface area contributed by atoms with Crippen LogP contribution < -0.4 is 11.2 Å². The van der Waals surface area contributed by atoms with Gasteiger partial charge in [-0.05, 0) is 61.2 Å². The highest BCUT2D eigenvalue weighted by Gasteiger charge is 2.28. The molecular formula is C20H24BrN9O2. The lowest BCUT2D eigenvalue weighted by Crippen LogP contribution is -2.38. The van der Waals surface area contributed by atoms with Crippen molar-refractivity contribution in [2.75, 3.05) is 12.3 Å². The van der Waals surface area contributed by atoms with Gasteiger partial charge in [0.25, 0.3) is 5.91 Å². The molecule has 11 nitrogen and oxygen atoms in total. The molecule has 3 aromatic rings. The summed E-state index contributed by atoms with van der Waals surface area (Å²) in [5.41, 5.74) is 10.7. The first kappa shape index (κ1) is 22.1. The minimum Gasteiger partial charge on any atom is -0.378 e. The minimum absolute atomic E-state index is 0.0679. The molecule has 3 N–H and O–H groups in total. The average Bonchev–Trinajstić information content (AvgIpc) is 3.39. The number of amides is 1. The fourth-order valence-electron chi connectivity index (χ4n) is 3.68. The van der Waals surface area contributed by atoms with Gasteiger partial charge in [0.05, 0.1) is 11.4 Å². The summed E-state index contributed by atoms with van der Waals surface area (Å²) in [5, 5.41) is 19.9. The highest BCUT2D eigenvalue weighted by Crippen LogP contribution is 2.23. The quantitative estimate of drug-likeness (QED) is 0.387. The standard InChI is InChI=1S/C20H24BrN9O2/c1-12-6-3-4-9-29(12)11-16-17(24-28-30(16)19-18(22)26-32-27-19)20(31)25-23-13(2)14-7-5-8-15(21)10-14/h5,7-8,10,12H,3-4,6,9,11H2,1-2H3,(H2,22,26)(H,25,31)/b23-13+/t12-/m0/s1. The van der Waals surface area contributed by atoms with Gasteiger partial charge in [-0.2, -0.15) is 9.78 Å². The van der Waals surface area contributed by atoms with Crippen LogP contribution >= 0.6 is 15.9 Å². The number of anilines is 1. The fourth-order valence-corrected chi connectivity index (χ4v) is 4.08. The van der Waals surface area contributed by atoms with Gasteiger partial charge in [-0.1, -0.05) is 39.7 Å². The number of hydrazone groups is 1. The maximum Gasteiger partial charge on any atom is 0.293 e. The third-order valence-corrected chi connectivity index (χ3v) is 6.03. The molecule has 2 aromatic heterocycles. The van der Waals surface area contributed by atoms with Crippen LogP contribution in [0, 0.1) is 0 Å². The molecule has 1 aliphatic rings. The Labute approximate surface area is 193 Å². The number of carbonyl (C=O) groups excluding carboxylic acids is 1. The summed E-state index contributed by atoms with van der Waals surface area (Å²) < 4.78 is 7.06. The second kappa shape index (κ2) is 9.57. The number of hydrogen-bond donors (Lipinski definition) is 2. The van der Waals surface area contributed by atoms with Crippen LogP contribution in [-0.4, -0.2) is 54.4 Å². The number of rotatable bonds is 6. The van der Waals surface area contributed by atoms with Crippen molar-refractivity contribution >= 4 is 33.4 Å². The monoisotopic (exact) mass is 501 g/mol. The minimum atomic E-state index is -0.472. The van der Waals surface area contributed by atoms with Gasteiger partial charge in [-0.15, -0.1) is 5.10 Å². The van der Waals surface area contributed by atoms with Crippen LogP contribution in [0.1, 0.15) is 54.9 Å². The van der Waals surface area contributed by atoms with Crippen LogP contribution in [0.15, 0.2) is 38.5 Å². The highest BCUT2D eigenvalue weighted by atomic mass is 79.9. The summed E-state index contributed by atoms with van der Waals surface area (Å²) in [7, 11) is 0. The Bertz CT molecular complexity index is 1140. The van der Waals surface area contributed by atoms with Crippen LogP contribution in [0.25, 0.3) is 5.82 Å². The zero-order valence-corrected chi connectivity index (χ0v) is 19.4. The van der Waals surface area contributed by atoms with E-state index in [0.717, 1.165) is 29.4 Å². The SMILES string of the molecule is C/C(=N\NC(=O)c1nnn(-c2nonc2N)c1CN1CCCC[C@@H]1C)c1cccc(Br)c1. The molecule has 0 bridgehead atoms. The number of nitrogen functional groups attached to an aromatic ring is 1. The molecule has 1 amide bonds. The number of piperidine rings is 1. The zero-order valence-electron chi connectivity index (χ0n) is 17.8. The van der Waals surface area contributed by atoms with E-state index in [1.54, 1.807) is 0 Å². The number of benzene rings is 1. The first-order valence-corrected chi connectivity index (χ1v) is 11.1. The summed E-state index contributed by atoms with van der Waals surface area (Å²) in [6.07, 6.45) is 3.37. The van der Waals surface area contributed by atoms with Crippen molar-refractivity contribution in [3.63, 3.8) is 0 Å². The van der Waals surface area contributed by atoms with E-state index in [9.17, 15) is 4.79 Å². The van der Waals surface area contributed by atoms with Gasteiger partial charge in [0.2, 0.25) is 11.6 Å². The van der Waals surface area contributed by atoms with E-state index < -0.39 is 5.91 Å². The summed E-state index contributed by atoms with van der Waals surface area (Å²) in [6.45, 7) is 5.36. The van der Waals surface area contributed by atoms with Crippen molar-refractivity contribution in [3.8, 4) is 5.82 Å². The van der Waals surface area contributed by atoms with Crippen molar-refractivity contribution in [2.24, 2.45) is 5.10 Å². The number of carbonyl (C=O) groups is 1. The van der Waals surface area contributed by atoms with Gasteiger partial charge in [-0.3, -0.25) is 9.69 Å². The highest BCUT2D eigenvalue weighted by molar-refractivity contribution is 9.10. The Morgan fingerprint density at radius 1 is 1.38 bits per heavy atom. The molecule has 4 rings (SSSR count). The van der Waals surface area contributed by atoms with E-state index in [0.29, 0.717) is 24.0 Å². The second-order valence-corrected chi connectivity index (χ2v) is 8.65. The summed E-state index contributed by atoms with van der Waals surface area (Å²) in [5.74, 6) is -0.205. The van der Waals surface area contributed by atoms with E-state index in [4.69, 9.17) is 10.4 Å². The lowest BCUT2D eigenvalue weighted by atomic mass is 10.0. The predicted molar refractivity (Wildman–Crippen MR) is 121 cm³/mol. The molecule has 1 fully saturated rings. The van der Waals surface area contributed by atoms with Crippen molar-refractivity contribution < 1.29 is 9.42 Å². The molecule has 168 valence electrons. The molecule has 3 heterocycles. The van der Waals surface area contributed by atoms with Crippen LogP contribution in [-0.2, 0) is 6.54 Å². The van der Waals surface area contributed by atoms with E-state index in [-0.39, 0.29) is 17.3 Å². The van der Waals surface area contributed by atoms with Crippen LogP contribution in [0.4, 0.5) is 5.82 Å². The molecule has 1 aliphatic heterocycles. The van der Waals surface area contributed by atoms with Gasteiger partial charge in [-0.25, -0.2) is 10.1 Å². The molecule has 0 radical (unpaired) electrons. The maximum absolute atomic E-state index is 13.0. The van der Waals surface area contributed by atoms with Gasteiger partial charge in [0.1, 0.15) is 0 Å². The first-order chi connectivity index (χ1) is 15.4. The van der Waals surface area contributed by atoms with Crippen LogP contribution in [0.5, 0.6) is 0 Å². The largest absolute Gasteiger partial charge is 0.378 e. The molecule has 12 heteroatoms. The van der Waals surface area contributed by atoms with E-state index >= 15 is 0 Å². The molecular weight excluding hydrogens is 478 g/mol. The fraction of sp³-hybridized carbons (Fsp3) is 0.400. The number of likely N-dealkylation sites (tertiary alicyclic amines) is 1. The molecule has 0 saturated carbocycles. The number of nitrogens with two attached hydrogens (primary N) is 1. The summed E-state index contributed by atoms with van der Waals surface area (Å²) >= 11 is 3.44. The Balaban J connectivity index is 1.62. The van der Waals surface area contributed by atoms with E-state index in [2.05, 4.69) is 58.9 Å². The number of halogens is 1. The van der Waals surface area contributed by atoms with Gasteiger partial charge >= 0.3 is 0 Å². The van der Waals surface area contributed by atoms with Crippen molar-refractivity contribution in [3.05, 3.63) is 45.7 Å². The third-order valence-electron chi connectivity index (χ3n) is 5.54. The molecule has 1 saturated heterocycles. The smallest absolute Gasteiger partial charge is 0.293 e. The average molecular weight is 502 g/mol. The second-order valence-electron chi connectivity index (χ2n) is 7.73. The molecule has 1 aromatic carbocycles. The summed E-state index contributed by atoms with van der Waals surface area (Å²) in [6, 6.07) is 8.03. The van der Waals surface area contributed by atoms with E-state index in [1.807, 2.05) is 31.2 Å². The van der Waals surface area contributed by atoms with Gasteiger partial charge in [0.15, 0.2) is 5.69 Å². The Morgan fingerprint density at radius 3 is 2.94 bits per heavy atom. The molecule has 1 atom stereocenters. The molecule has 0 unspecified atom stereocenters. The van der Waals surface area contributed by atoms with Crippen molar-refractivity contribution in [2.45, 2.75) is 45.7 Å². The predicted octanol–water partition coefficient (Wildman–Crippen LogP) is 2.52. The molecule has 32 heavy (non-hydrogen) atoms. The lowest BCUT2D eigenvalue weighted by molar-refractivity contribution is 0.0944. The lowest BCUT2D eigenvalue weighted by Gasteiger charge is -2.33. The first-order valence-electron chi connectivity index (χ1n) is 10.3. The Kier molecular flexibility index (Phi) is 6.61. The van der Waals surface area contributed by atoms with Crippen LogP contribution in [0.2, 0.25) is 0 Å². The number of nitrogens with one attached hydrogen (secondary N) is 1.